The first-order valence-electron chi connectivity index (χ1n) is 4.01. The van der Waals surface area contributed by atoms with E-state index in [9.17, 15) is 0 Å². The first-order valence-corrected chi connectivity index (χ1v) is 4.01. The van der Waals surface area contributed by atoms with Crippen LogP contribution in [0.1, 0.15) is 12.5 Å². The lowest BCUT2D eigenvalue weighted by molar-refractivity contribution is 0.513. The summed E-state index contributed by atoms with van der Waals surface area (Å²) < 4.78 is 0. The lowest BCUT2D eigenvalue weighted by Crippen LogP contribution is -1.95. The standard InChI is InChI=1S/C11H12O/c1-10(7-8-12)9-11-5-3-2-4-6-11/h2-6,10,12H,9H2,1H3. The molecule has 1 aromatic carbocycles. The van der Waals surface area contributed by atoms with Gasteiger partial charge in [0.15, 0.2) is 0 Å². The summed E-state index contributed by atoms with van der Waals surface area (Å²) in [5.41, 5.74) is 1.26. The molecule has 1 heteroatoms. The highest BCUT2D eigenvalue weighted by Crippen LogP contribution is 2.06. The van der Waals surface area contributed by atoms with Crippen LogP contribution >= 0.6 is 0 Å². The number of rotatable bonds is 2. The fourth-order valence-electron chi connectivity index (χ4n) is 1.13. The third kappa shape index (κ3) is 2.67. The molecule has 0 aliphatic carbocycles. The number of benzene rings is 1. The quantitative estimate of drug-likeness (QED) is 0.657. The minimum absolute atomic E-state index is 0.220. The van der Waals surface area contributed by atoms with Crippen molar-refractivity contribution in [3.63, 3.8) is 0 Å². The average molecular weight is 160 g/mol. The van der Waals surface area contributed by atoms with E-state index in [0.29, 0.717) is 0 Å². The zero-order valence-corrected chi connectivity index (χ0v) is 7.12. The summed E-state index contributed by atoms with van der Waals surface area (Å²) in [6.45, 7) is 2.00. The lowest BCUT2D eigenvalue weighted by Gasteiger charge is -2.02. The highest BCUT2D eigenvalue weighted by Gasteiger charge is 1.98. The van der Waals surface area contributed by atoms with Crippen molar-refractivity contribution in [1.29, 1.82) is 0 Å². The van der Waals surface area contributed by atoms with E-state index in [4.69, 9.17) is 5.11 Å². The van der Waals surface area contributed by atoms with Gasteiger partial charge in [-0.2, -0.15) is 0 Å². The van der Waals surface area contributed by atoms with Crippen molar-refractivity contribution in [2.75, 3.05) is 0 Å². The Bertz CT molecular complexity index is 279. The molecule has 1 atom stereocenters. The molecule has 1 rings (SSSR count). The normalized spacial score (nSPS) is 11.4. The van der Waals surface area contributed by atoms with Crippen LogP contribution in [0, 0.1) is 17.9 Å². The fourth-order valence-corrected chi connectivity index (χ4v) is 1.13. The maximum atomic E-state index is 8.35. The van der Waals surface area contributed by atoms with Crippen LogP contribution in [0.5, 0.6) is 0 Å². The molecule has 0 fully saturated rings. The topological polar surface area (TPSA) is 20.2 Å². The van der Waals surface area contributed by atoms with E-state index >= 15 is 0 Å². The second kappa shape index (κ2) is 4.46. The molecule has 1 nitrogen and oxygen atoms in total. The predicted octanol–water partition coefficient (Wildman–Crippen LogP) is 2.20. The van der Waals surface area contributed by atoms with Gasteiger partial charge >= 0.3 is 0 Å². The van der Waals surface area contributed by atoms with Gasteiger partial charge in [-0.1, -0.05) is 43.2 Å². The summed E-state index contributed by atoms with van der Waals surface area (Å²) in [7, 11) is 0. The van der Waals surface area contributed by atoms with E-state index in [1.807, 2.05) is 31.2 Å². The molecule has 0 radical (unpaired) electrons. The first kappa shape index (κ1) is 8.67. The average Bonchev–Trinajstić information content (AvgIpc) is 2.06. The van der Waals surface area contributed by atoms with Crippen LogP contribution in [-0.4, -0.2) is 5.11 Å². The van der Waals surface area contributed by atoms with Crippen LogP contribution < -0.4 is 0 Å². The van der Waals surface area contributed by atoms with E-state index in [-0.39, 0.29) is 5.92 Å². The summed E-state index contributed by atoms with van der Waals surface area (Å²) in [6.07, 6.45) is 2.83. The van der Waals surface area contributed by atoms with Gasteiger partial charge in [0.1, 0.15) is 6.11 Å². The van der Waals surface area contributed by atoms with E-state index in [1.54, 1.807) is 0 Å². The van der Waals surface area contributed by atoms with Crippen molar-refractivity contribution in [3.05, 3.63) is 35.9 Å². The summed E-state index contributed by atoms with van der Waals surface area (Å²) in [5, 5.41) is 8.35. The Morgan fingerprint density at radius 3 is 2.58 bits per heavy atom. The summed E-state index contributed by atoms with van der Waals surface area (Å²) in [6, 6.07) is 10.1. The van der Waals surface area contributed by atoms with Gasteiger partial charge in [-0.05, 0) is 12.0 Å². The molecule has 0 aliphatic rings. The SMILES string of the molecule is CC(C#CO)Cc1ccccc1. The van der Waals surface area contributed by atoms with Crippen molar-refractivity contribution < 1.29 is 5.11 Å². The van der Waals surface area contributed by atoms with E-state index in [0.717, 1.165) is 6.42 Å². The summed E-state index contributed by atoms with van der Waals surface area (Å²) in [5.74, 6) is 2.92. The minimum atomic E-state index is 0.220. The Morgan fingerprint density at radius 1 is 1.33 bits per heavy atom. The predicted molar refractivity (Wildman–Crippen MR) is 49.0 cm³/mol. The Morgan fingerprint density at radius 2 is 2.00 bits per heavy atom. The molecule has 0 spiro atoms. The van der Waals surface area contributed by atoms with Gasteiger partial charge in [0.2, 0.25) is 0 Å². The molecule has 0 heterocycles. The van der Waals surface area contributed by atoms with Crippen molar-refractivity contribution >= 4 is 0 Å². The van der Waals surface area contributed by atoms with E-state index in [2.05, 4.69) is 18.1 Å². The Balaban J connectivity index is 2.56. The van der Waals surface area contributed by atoms with Gasteiger partial charge in [0, 0.05) is 5.92 Å². The maximum absolute atomic E-state index is 8.35. The second-order valence-electron chi connectivity index (χ2n) is 2.85. The van der Waals surface area contributed by atoms with Gasteiger partial charge in [-0.3, -0.25) is 0 Å². The molecule has 0 bridgehead atoms. The minimum Gasteiger partial charge on any atom is -0.462 e. The van der Waals surface area contributed by atoms with E-state index < -0.39 is 0 Å². The van der Waals surface area contributed by atoms with Crippen LogP contribution in [0.15, 0.2) is 30.3 Å². The van der Waals surface area contributed by atoms with Gasteiger partial charge in [0.05, 0.1) is 0 Å². The van der Waals surface area contributed by atoms with Crippen molar-refractivity contribution in [1.82, 2.24) is 0 Å². The van der Waals surface area contributed by atoms with Crippen LogP contribution in [0.25, 0.3) is 0 Å². The Kier molecular flexibility index (Phi) is 3.22. The molecular weight excluding hydrogens is 148 g/mol. The molecule has 62 valence electrons. The molecular formula is C11H12O. The zero-order valence-electron chi connectivity index (χ0n) is 7.12. The molecule has 0 aliphatic heterocycles. The second-order valence-corrected chi connectivity index (χ2v) is 2.85. The molecule has 1 N–H and O–H groups in total. The van der Waals surface area contributed by atoms with Gasteiger partial charge in [-0.25, -0.2) is 0 Å². The summed E-state index contributed by atoms with van der Waals surface area (Å²) >= 11 is 0. The van der Waals surface area contributed by atoms with Gasteiger partial charge in [0.25, 0.3) is 0 Å². The van der Waals surface area contributed by atoms with Gasteiger partial charge in [-0.15, -0.1) is 0 Å². The van der Waals surface area contributed by atoms with E-state index in [1.165, 1.54) is 5.56 Å². The Hall–Kier alpha value is -1.42. The smallest absolute Gasteiger partial charge is 0.107 e. The van der Waals surface area contributed by atoms with Crippen LogP contribution in [-0.2, 0) is 6.42 Å². The zero-order chi connectivity index (χ0) is 8.81. The lowest BCUT2D eigenvalue weighted by atomic mass is 10.0. The molecule has 0 amide bonds. The van der Waals surface area contributed by atoms with Crippen molar-refractivity contribution in [2.45, 2.75) is 13.3 Å². The van der Waals surface area contributed by atoms with Gasteiger partial charge < -0.3 is 5.11 Å². The third-order valence-corrected chi connectivity index (χ3v) is 1.70. The first-order chi connectivity index (χ1) is 5.83. The number of aliphatic hydroxyl groups excluding tert-OH is 1. The van der Waals surface area contributed by atoms with Crippen LogP contribution in [0.4, 0.5) is 0 Å². The third-order valence-electron chi connectivity index (χ3n) is 1.70. The monoisotopic (exact) mass is 160 g/mol. The number of hydrogen-bond acceptors (Lipinski definition) is 1. The fraction of sp³-hybridized carbons (Fsp3) is 0.273. The van der Waals surface area contributed by atoms with Crippen molar-refractivity contribution in [3.8, 4) is 12.0 Å². The molecule has 0 saturated heterocycles. The number of aliphatic hydroxyl groups is 1. The molecule has 0 aromatic heterocycles. The highest BCUT2D eigenvalue weighted by molar-refractivity contribution is 5.17. The maximum Gasteiger partial charge on any atom is 0.107 e. The Labute approximate surface area is 73.0 Å². The largest absolute Gasteiger partial charge is 0.462 e. The molecule has 1 unspecified atom stereocenters. The molecule has 0 saturated carbocycles. The van der Waals surface area contributed by atoms with Crippen molar-refractivity contribution in [2.24, 2.45) is 5.92 Å². The van der Waals surface area contributed by atoms with Crippen LogP contribution in [0.2, 0.25) is 0 Å². The number of hydrogen-bond donors (Lipinski definition) is 1. The molecule has 12 heavy (non-hydrogen) atoms. The highest BCUT2D eigenvalue weighted by atomic mass is 16.2. The summed E-state index contributed by atoms with van der Waals surface area (Å²) in [4.78, 5) is 0. The molecule has 1 aromatic rings. The van der Waals surface area contributed by atoms with Crippen LogP contribution in [0.3, 0.4) is 0 Å².